The average Bonchev–Trinajstić information content (AvgIpc) is 2.82. The van der Waals surface area contributed by atoms with Crippen LogP contribution in [0.1, 0.15) is 15.2 Å². The Morgan fingerprint density at radius 3 is 2.94 bits per heavy atom. The van der Waals surface area contributed by atoms with E-state index in [-0.39, 0.29) is 5.56 Å². The zero-order valence-electron chi connectivity index (χ0n) is 8.94. The van der Waals surface area contributed by atoms with Gasteiger partial charge in [0.2, 0.25) is 0 Å². The summed E-state index contributed by atoms with van der Waals surface area (Å²) in [6, 6.07) is 7.74. The van der Waals surface area contributed by atoms with Crippen molar-refractivity contribution in [3.63, 3.8) is 0 Å². The molecule has 0 radical (unpaired) electrons. The van der Waals surface area contributed by atoms with Gasteiger partial charge >= 0.3 is 0 Å². The van der Waals surface area contributed by atoms with Gasteiger partial charge in [-0.15, -0.1) is 11.3 Å². The topological polar surface area (TPSA) is 55.1 Å². The van der Waals surface area contributed by atoms with Crippen LogP contribution < -0.4 is 11.1 Å². The van der Waals surface area contributed by atoms with Crippen LogP contribution in [0.2, 0.25) is 0 Å². The van der Waals surface area contributed by atoms with Gasteiger partial charge in [0.1, 0.15) is 5.82 Å². The SMILES string of the molecule is Nc1ccc(F)c(C(=O)NCc2cccs2)c1. The van der Waals surface area contributed by atoms with Crippen LogP contribution in [0.3, 0.4) is 0 Å². The van der Waals surface area contributed by atoms with Crippen molar-refractivity contribution in [2.24, 2.45) is 0 Å². The van der Waals surface area contributed by atoms with E-state index in [0.717, 1.165) is 4.88 Å². The molecule has 0 bridgehead atoms. The molecule has 0 aliphatic carbocycles. The normalized spacial score (nSPS) is 10.2. The van der Waals surface area contributed by atoms with Gasteiger partial charge in [0.25, 0.3) is 5.91 Å². The monoisotopic (exact) mass is 250 g/mol. The van der Waals surface area contributed by atoms with Crippen LogP contribution in [0, 0.1) is 5.82 Å². The van der Waals surface area contributed by atoms with Gasteiger partial charge < -0.3 is 11.1 Å². The number of hydrogen-bond donors (Lipinski definition) is 2. The Bertz CT molecular complexity index is 525. The summed E-state index contributed by atoms with van der Waals surface area (Å²) in [5.74, 6) is -1.02. The Kier molecular flexibility index (Phi) is 3.39. The third kappa shape index (κ3) is 2.82. The van der Waals surface area contributed by atoms with Crippen LogP contribution in [0.15, 0.2) is 35.7 Å². The van der Waals surface area contributed by atoms with E-state index in [0.29, 0.717) is 12.2 Å². The molecule has 3 N–H and O–H groups in total. The lowest BCUT2D eigenvalue weighted by Crippen LogP contribution is -2.23. The number of amides is 1. The molecule has 0 aliphatic heterocycles. The molecule has 0 saturated carbocycles. The van der Waals surface area contributed by atoms with Gasteiger partial charge in [-0.05, 0) is 29.6 Å². The van der Waals surface area contributed by atoms with Crippen LogP contribution >= 0.6 is 11.3 Å². The van der Waals surface area contributed by atoms with Crippen LogP contribution in [-0.2, 0) is 6.54 Å². The minimum atomic E-state index is -0.567. The molecule has 0 saturated heterocycles. The first kappa shape index (κ1) is 11.6. The summed E-state index contributed by atoms with van der Waals surface area (Å²) in [6.07, 6.45) is 0. The number of carbonyl (C=O) groups is 1. The van der Waals surface area contributed by atoms with E-state index in [1.165, 1.54) is 29.5 Å². The quantitative estimate of drug-likeness (QED) is 0.822. The molecule has 1 heterocycles. The summed E-state index contributed by atoms with van der Waals surface area (Å²) in [5.41, 5.74) is 5.85. The van der Waals surface area contributed by atoms with Gasteiger partial charge in [0.15, 0.2) is 0 Å². The highest BCUT2D eigenvalue weighted by Crippen LogP contribution is 2.13. The van der Waals surface area contributed by atoms with Crippen LogP contribution in [0.4, 0.5) is 10.1 Å². The molecule has 1 aromatic heterocycles. The molecule has 3 nitrogen and oxygen atoms in total. The van der Waals surface area contributed by atoms with E-state index in [1.54, 1.807) is 0 Å². The second-order valence-electron chi connectivity index (χ2n) is 3.50. The molecule has 5 heteroatoms. The van der Waals surface area contributed by atoms with Crippen molar-refractivity contribution in [1.29, 1.82) is 0 Å². The predicted molar refractivity (Wildman–Crippen MR) is 66.3 cm³/mol. The number of carbonyl (C=O) groups excluding carboxylic acids is 1. The first-order valence-corrected chi connectivity index (χ1v) is 5.90. The largest absolute Gasteiger partial charge is 0.399 e. The van der Waals surface area contributed by atoms with Gasteiger partial charge in [0, 0.05) is 10.6 Å². The number of hydrogen-bond acceptors (Lipinski definition) is 3. The number of nitrogens with one attached hydrogen (secondary N) is 1. The first-order valence-electron chi connectivity index (χ1n) is 5.02. The van der Waals surface area contributed by atoms with E-state index < -0.39 is 11.7 Å². The maximum atomic E-state index is 13.4. The molecule has 1 aromatic carbocycles. The van der Waals surface area contributed by atoms with Gasteiger partial charge in [-0.1, -0.05) is 6.07 Å². The van der Waals surface area contributed by atoms with Crippen molar-refractivity contribution >= 4 is 22.9 Å². The molecular weight excluding hydrogens is 239 g/mol. The van der Waals surface area contributed by atoms with Crippen molar-refractivity contribution < 1.29 is 9.18 Å². The maximum Gasteiger partial charge on any atom is 0.254 e. The van der Waals surface area contributed by atoms with Gasteiger partial charge in [-0.2, -0.15) is 0 Å². The third-order valence-electron chi connectivity index (χ3n) is 2.24. The zero-order valence-corrected chi connectivity index (χ0v) is 9.76. The van der Waals surface area contributed by atoms with Crippen molar-refractivity contribution in [3.05, 3.63) is 52.0 Å². The van der Waals surface area contributed by atoms with Crippen molar-refractivity contribution in [2.45, 2.75) is 6.54 Å². The average molecular weight is 250 g/mol. The lowest BCUT2D eigenvalue weighted by molar-refractivity contribution is 0.0947. The molecule has 2 rings (SSSR count). The van der Waals surface area contributed by atoms with Crippen molar-refractivity contribution in [1.82, 2.24) is 5.32 Å². The fourth-order valence-corrected chi connectivity index (χ4v) is 2.04. The van der Waals surface area contributed by atoms with E-state index >= 15 is 0 Å². The van der Waals surface area contributed by atoms with E-state index in [9.17, 15) is 9.18 Å². The smallest absolute Gasteiger partial charge is 0.254 e. The van der Waals surface area contributed by atoms with Crippen LogP contribution in [-0.4, -0.2) is 5.91 Å². The van der Waals surface area contributed by atoms with Gasteiger partial charge in [-0.3, -0.25) is 4.79 Å². The molecule has 1 amide bonds. The lowest BCUT2D eigenvalue weighted by Gasteiger charge is -2.05. The molecule has 0 fully saturated rings. The Morgan fingerprint density at radius 1 is 1.41 bits per heavy atom. The summed E-state index contributed by atoms with van der Waals surface area (Å²) >= 11 is 1.53. The number of halogens is 1. The fourth-order valence-electron chi connectivity index (χ4n) is 1.39. The summed E-state index contributed by atoms with van der Waals surface area (Å²) < 4.78 is 13.4. The minimum absolute atomic E-state index is 0.0263. The highest BCUT2D eigenvalue weighted by molar-refractivity contribution is 7.09. The van der Waals surface area contributed by atoms with E-state index in [1.807, 2.05) is 17.5 Å². The Balaban J connectivity index is 2.07. The highest BCUT2D eigenvalue weighted by Gasteiger charge is 2.11. The Morgan fingerprint density at radius 2 is 2.24 bits per heavy atom. The molecule has 17 heavy (non-hydrogen) atoms. The second-order valence-corrected chi connectivity index (χ2v) is 4.53. The van der Waals surface area contributed by atoms with Crippen molar-refractivity contribution in [2.75, 3.05) is 5.73 Å². The van der Waals surface area contributed by atoms with Crippen LogP contribution in [0.25, 0.3) is 0 Å². The summed E-state index contributed by atoms with van der Waals surface area (Å²) in [5, 5.41) is 4.56. The van der Waals surface area contributed by atoms with Crippen LogP contribution in [0.5, 0.6) is 0 Å². The molecule has 0 unspecified atom stereocenters. The first-order chi connectivity index (χ1) is 8.16. The van der Waals surface area contributed by atoms with Gasteiger partial charge in [0.05, 0.1) is 12.1 Å². The Hall–Kier alpha value is -1.88. The lowest BCUT2D eigenvalue weighted by atomic mass is 10.2. The summed E-state index contributed by atoms with van der Waals surface area (Å²) in [6.45, 7) is 0.394. The number of nitrogens with two attached hydrogens (primary N) is 1. The number of anilines is 1. The highest BCUT2D eigenvalue weighted by atomic mass is 32.1. The number of rotatable bonds is 3. The van der Waals surface area contributed by atoms with Crippen molar-refractivity contribution in [3.8, 4) is 0 Å². The predicted octanol–water partition coefficient (Wildman–Crippen LogP) is 2.40. The Labute approximate surface area is 102 Å². The number of nitrogen functional groups attached to an aromatic ring is 1. The molecule has 0 aliphatic rings. The molecule has 0 spiro atoms. The minimum Gasteiger partial charge on any atom is -0.399 e. The summed E-state index contributed by atoms with van der Waals surface area (Å²) in [4.78, 5) is 12.7. The molecule has 88 valence electrons. The molecule has 0 atom stereocenters. The van der Waals surface area contributed by atoms with E-state index in [4.69, 9.17) is 5.73 Å². The number of thiophene rings is 1. The van der Waals surface area contributed by atoms with Gasteiger partial charge in [-0.25, -0.2) is 4.39 Å². The molecular formula is C12H11FN2OS. The second kappa shape index (κ2) is 4.97. The standard InChI is InChI=1S/C12H11FN2OS/c13-11-4-3-8(14)6-10(11)12(16)15-7-9-2-1-5-17-9/h1-6H,7,14H2,(H,15,16). The number of benzene rings is 1. The molecule has 2 aromatic rings. The third-order valence-corrected chi connectivity index (χ3v) is 3.11. The maximum absolute atomic E-state index is 13.4. The van der Waals surface area contributed by atoms with E-state index in [2.05, 4.69) is 5.32 Å². The zero-order chi connectivity index (χ0) is 12.3. The summed E-state index contributed by atoms with van der Waals surface area (Å²) in [7, 11) is 0. The fraction of sp³-hybridized carbons (Fsp3) is 0.0833.